The molecule has 13 heavy (non-hydrogen) atoms. The maximum atomic E-state index is 11.8. The van der Waals surface area contributed by atoms with Gasteiger partial charge in [0.05, 0.1) is 6.07 Å². The van der Waals surface area contributed by atoms with Gasteiger partial charge < -0.3 is 0 Å². The maximum Gasteiger partial charge on any atom is 0.153 e. The topological polar surface area (TPSA) is 40.9 Å². The van der Waals surface area contributed by atoms with Crippen molar-refractivity contribution in [1.82, 2.24) is 0 Å². The molecule has 2 atom stereocenters. The first kappa shape index (κ1) is 8.74. The van der Waals surface area contributed by atoms with E-state index in [0.717, 1.165) is 32.1 Å². The normalized spacial score (nSPS) is 39.3. The highest BCUT2D eigenvalue weighted by molar-refractivity contribution is 5.88. The Morgan fingerprint density at radius 3 is 2.77 bits per heavy atom. The highest BCUT2D eigenvalue weighted by Gasteiger charge is 2.48. The van der Waals surface area contributed by atoms with Crippen LogP contribution in [0.15, 0.2) is 0 Å². The maximum absolute atomic E-state index is 11.8. The van der Waals surface area contributed by atoms with E-state index in [9.17, 15) is 10.1 Å². The van der Waals surface area contributed by atoms with Gasteiger partial charge in [-0.25, -0.2) is 0 Å². The van der Waals surface area contributed by atoms with Crippen molar-refractivity contribution in [2.24, 2.45) is 11.3 Å². The Labute approximate surface area is 78.9 Å². The summed E-state index contributed by atoms with van der Waals surface area (Å²) in [6.45, 7) is 0. The van der Waals surface area contributed by atoms with Gasteiger partial charge in [0.2, 0.25) is 0 Å². The fraction of sp³-hybridized carbons (Fsp3) is 0.818. The predicted molar refractivity (Wildman–Crippen MR) is 48.9 cm³/mol. The van der Waals surface area contributed by atoms with E-state index in [0.29, 0.717) is 12.3 Å². The van der Waals surface area contributed by atoms with Gasteiger partial charge in [0.1, 0.15) is 5.41 Å². The Bertz CT molecular complexity index is 264. The number of nitriles is 1. The number of ketones is 1. The molecule has 0 amide bonds. The molecule has 0 unspecified atom stereocenters. The molecule has 0 bridgehead atoms. The molecule has 2 aliphatic rings. The first-order valence-electron chi connectivity index (χ1n) is 5.24. The summed E-state index contributed by atoms with van der Waals surface area (Å²) in [7, 11) is 0. The molecule has 0 N–H and O–H groups in total. The van der Waals surface area contributed by atoms with Gasteiger partial charge in [0.15, 0.2) is 5.78 Å². The SMILES string of the molecule is N#C[C@]12CCCC[C@H]1CCCC2=O. The molecule has 0 saturated heterocycles. The van der Waals surface area contributed by atoms with Gasteiger partial charge in [-0.05, 0) is 31.6 Å². The second-order valence-corrected chi connectivity index (χ2v) is 4.34. The average Bonchev–Trinajstić information content (AvgIpc) is 2.19. The quantitative estimate of drug-likeness (QED) is 0.570. The molecule has 2 fully saturated rings. The first-order chi connectivity index (χ1) is 6.29. The molecule has 0 radical (unpaired) electrons. The minimum atomic E-state index is -0.559. The zero-order valence-corrected chi connectivity index (χ0v) is 7.88. The molecule has 70 valence electrons. The summed E-state index contributed by atoms with van der Waals surface area (Å²) < 4.78 is 0. The molecule has 0 aromatic heterocycles. The van der Waals surface area contributed by atoms with Crippen LogP contribution in [0.4, 0.5) is 0 Å². The van der Waals surface area contributed by atoms with Gasteiger partial charge in [0.25, 0.3) is 0 Å². The fourth-order valence-electron chi connectivity index (χ4n) is 2.94. The molecule has 2 aliphatic carbocycles. The zero-order chi connectivity index (χ0) is 9.31. The lowest BCUT2D eigenvalue weighted by Crippen LogP contribution is -2.42. The minimum absolute atomic E-state index is 0.228. The highest BCUT2D eigenvalue weighted by atomic mass is 16.1. The molecule has 0 spiro atoms. The van der Waals surface area contributed by atoms with E-state index in [1.54, 1.807) is 0 Å². The van der Waals surface area contributed by atoms with Gasteiger partial charge >= 0.3 is 0 Å². The number of carbonyl (C=O) groups is 1. The van der Waals surface area contributed by atoms with Crippen LogP contribution in [0.25, 0.3) is 0 Å². The Morgan fingerprint density at radius 2 is 2.08 bits per heavy atom. The van der Waals surface area contributed by atoms with Crippen LogP contribution in [0.2, 0.25) is 0 Å². The third-order valence-electron chi connectivity index (χ3n) is 3.72. The summed E-state index contributed by atoms with van der Waals surface area (Å²) >= 11 is 0. The van der Waals surface area contributed by atoms with Crippen LogP contribution in [-0.4, -0.2) is 5.78 Å². The van der Waals surface area contributed by atoms with Crippen LogP contribution in [0.1, 0.15) is 44.9 Å². The van der Waals surface area contributed by atoms with Crippen molar-refractivity contribution in [1.29, 1.82) is 5.26 Å². The number of carbonyl (C=O) groups excluding carboxylic acids is 1. The van der Waals surface area contributed by atoms with Crippen LogP contribution < -0.4 is 0 Å². The monoisotopic (exact) mass is 177 g/mol. The lowest BCUT2D eigenvalue weighted by molar-refractivity contribution is -0.133. The standard InChI is InChI=1S/C11H15NO/c12-8-11-7-2-1-4-9(11)5-3-6-10(11)13/h9H,1-7H2/t9-,11+/m0/s1. The number of rotatable bonds is 0. The molecule has 2 rings (SSSR count). The predicted octanol–water partition coefficient (Wildman–Crippen LogP) is 2.44. The summed E-state index contributed by atoms with van der Waals surface area (Å²) in [4.78, 5) is 11.8. The molecule has 2 saturated carbocycles. The van der Waals surface area contributed by atoms with Crippen molar-refractivity contribution in [2.45, 2.75) is 44.9 Å². The first-order valence-corrected chi connectivity index (χ1v) is 5.24. The Morgan fingerprint density at radius 1 is 1.31 bits per heavy atom. The Hall–Kier alpha value is -0.840. The molecule has 0 aromatic rings. The number of hydrogen-bond donors (Lipinski definition) is 0. The van der Waals surface area contributed by atoms with Crippen molar-refractivity contribution >= 4 is 5.78 Å². The van der Waals surface area contributed by atoms with Crippen LogP contribution in [0.3, 0.4) is 0 Å². The molecule has 2 heteroatoms. The Kier molecular flexibility index (Phi) is 2.11. The number of nitrogens with zero attached hydrogens (tertiary/aromatic N) is 1. The van der Waals surface area contributed by atoms with Crippen molar-refractivity contribution in [3.63, 3.8) is 0 Å². The summed E-state index contributed by atoms with van der Waals surface area (Å²) in [5, 5.41) is 9.18. The van der Waals surface area contributed by atoms with Crippen molar-refractivity contribution in [3.05, 3.63) is 0 Å². The van der Waals surface area contributed by atoms with E-state index in [2.05, 4.69) is 6.07 Å². The van der Waals surface area contributed by atoms with Gasteiger partial charge in [-0.2, -0.15) is 5.26 Å². The number of Topliss-reactive ketones (excluding diaryl/α,β-unsaturated/α-hetero) is 1. The summed E-state index contributed by atoms with van der Waals surface area (Å²) in [5.41, 5.74) is -0.559. The third kappa shape index (κ3) is 1.18. The van der Waals surface area contributed by atoms with E-state index in [-0.39, 0.29) is 5.78 Å². The van der Waals surface area contributed by atoms with Gasteiger partial charge in [-0.1, -0.05) is 12.8 Å². The smallest absolute Gasteiger partial charge is 0.153 e. The summed E-state index contributed by atoms with van der Waals surface area (Å²) in [6, 6.07) is 2.32. The van der Waals surface area contributed by atoms with E-state index in [4.69, 9.17) is 0 Å². The third-order valence-corrected chi connectivity index (χ3v) is 3.72. The van der Waals surface area contributed by atoms with Crippen LogP contribution >= 0.6 is 0 Å². The molecular formula is C11H15NO. The van der Waals surface area contributed by atoms with Crippen molar-refractivity contribution in [3.8, 4) is 6.07 Å². The van der Waals surface area contributed by atoms with E-state index in [1.165, 1.54) is 6.42 Å². The van der Waals surface area contributed by atoms with E-state index < -0.39 is 5.41 Å². The van der Waals surface area contributed by atoms with E-state index in [1.807, 2.05) is 0 Å². The minimum Gasteiger partial charge on any atom is -0.298 e. The van der Waals surface area contributed by atoms with Gasteiger partial charge in [0, 0.05) is 6.42 Å². The fourth-order valence-corrected chi connectivity index (χ4v) is 2.94. The van der Waals surface area contributed by atoms with E-state index >= 15 is 0 Å². The lowest BCUT2D eigenvalue weighted by Gasteiger charge is -2.40. The van der Waals surface area contributed by atoms with Crippen molar-refractivity contribution < 1.29 is 4.79 Å². The largest absolute Gasteiger partial charge is 0.298 e. The highest BCUT2D eigenvalue weighted by Crippen LogP contribution is 2.47. The van der Waals surface area contributed by atoms with Gasteiger partial charge in [-0.15, -0.1) is 0 Å². The number of hydrogen-bond acceptors (Lipinski definition) is 2. The molecule has 0 aliphatic heterocycles. The summed E-state index contributed by atoms with van der Waals surface area (Å²) in [6.07, 6.45) is 6.94. The average molecular weight is 177 g/mol. The number of fused-ring (bicyclic) bond motifs is 1. The molecule has 0 aromatic carbocycles. The van der Waals surface area contributed by atoms with Crippen molar-refractivity contribution in [2.75, 3.05) is 0 Å². The van der Waals surface area contributed by atoms with Crippen LogP contribution in [0, 0.1) is 22.7 Å². The molecule has 0 heterocycles. The van der Waals surface area contributed by atoms with Crippen LogP contribution in [0.5, 0.6) is 0 Å². The molecule has 2 nitrogen and oxygen atoms in total. The summed E-state index contributed by atoms with van der Waals surface area (Å²) in [5.74, 6) is 0.610. The second kappa shape index (κ2) is 3.14. The van der Waals surface area contributed by atoms with Crippen LogP contribution in [-0.2, 0) is 4.79 Å². The lowest BCUT2D eigenvalue weighted by atomic mass is 9.59. The molecular weight excluding hydrogens is 162 g/mol. The Balaban J connectivity index is 2.30. The van der Waals surface area contributed by atoms with Gasteiger partial charge in [-0.3, -0.25) is 4.79 Å². The second-order valence-electron chi connectivity index (χ2n) is 4.34. The zero-order valence-electron chi connectivity index (χ0n) is 7.88.